The summed E-state index contributed by atoms with van der Waals surface area (Å²) in [7, 11) is 0. The molecular formula is C17H18N2O. The Kier molecular flexibility index (Phi) is 4.31. The van der Waals surface area contributed by atoms with Gasteiger partial charge in [0.2, 0.25) is 0 Å². The molecule has 0 radical (unpaired) electrons. The zero-order valence-corrected chi connectivity index (χ0v) is 12.0. The summed E-state index contributed by atoms with van der Waals surface area (Å²) in [5, 5.41) is 3.27. The molecule has 0 unspecified atom stereocenters. The van der Waals surface area contributed by atoms with Crippen molar-refractivity contribution in [2.75, 3.05) is 5.32 Å². The van der Waals surface area contributed by atoms with E-state index in [0.717, 1.165) is 11.4 Å². The van der Waals surface area contributed by atoms with E-state index in [0.29, 0.717) is 5.56 Å². The van der Waals surface area contributed by atoms with E-state index in [1.165, 1.54) is 11.1 Å². The normalized spacial score (nSPS) is 11.2. The average Bonchev–Trinajstić information content (AvgIpc) is 2.45. The topological polar surface area (TPSA) is 42.0 Å². The average molecular weight is 266 g/mol. The predicted molar refractivity (Wildman–Crippen MR) is 81.9 cm³/mol. The maximum atomic E-state index is 12.0. The number of rotatable bonds is 4. The van der Waals surface area contributed by atoms with Gasteiger partial charge in [0.25, 0.3) is 0 Å². The molecule has 0 atom stereocenters. The third kappa shape index (κ3) is 3.32. The van der Waals surface area contributed by atoms with Crippen LogP contribution in [0.5, 0.6) is 0 Å². The molecule has 2 rings (SSSR count). The maximum absolute atomic E-state index is 12.0. The van der Waals surface area contributed by atoms with E-state index in [1.54, 1.807) is 30.6 Å². The van der Waals surface area contributed by atoms with Crippen molar-refractivity contribution in [1.29, 1.82) is 0 Å². The van der Waals surface area contributed by atoms with Gasteiger partial charge >= 0.3 is 0 Å². The molecule has 20 heavy (non-hydrogen) atoms. The summed E-state index contributed by atoms with van der Waals surface area (Å²) in [6.07, 6.45) is 4.82. The third-order valence-corrected chi connectivity index (χ3v) is 3.23. The number of carbonyl (C=O) groups is 1. The van der Waals surface area contributed by atoms with E-state index in [4.69, 9.17) is 0 Å². The fourth-order valence-electron chi connectivity index (χ4n) is 1.92. The van der Waals surface area contributed by atoms with Crippen LogP contribution in [0.4, 0.5) is 5.69 Å². The SMILES string of the molecule is CC(=CC(=O)c1cccnc1)Nc1cccc(C)c1C. The molecule has 1 heterocycles. The van der Waals surface area contributed by atoms with Gasteiger partial charge in [-0.1, -0.05) is 12.1 Å². The molecule has 1 aromatic carbocycles. The van der Waals surface area contributed by atoms with Gasteiger partial charge in [-0.25, -0.2) is 0 Å². The summed E-state index contributed by atoms with van der Waals surface area (Å²) in [6.45, 7) is 6.02. The molecule has 0 bridgehead atoms. The van der Waals surface area contributed by atoms with Crippen LogP contribution in [0.1, 0.15) is 28.4 Å². The van der Waals surface area contributed by atoms with Crippen LogP contribution in [0.15, 0.2) is 54.5 Å². The first-order chi connectivity index (χ1) is 9.58. The van der Waals surface area contributed by atoms with Crippen LogP contribution in [0, 0.1) is 13.8 Å². The summed E-state index contributed by atoms with van der Waals surface area (Å²) in [4.78, 5) is 16.0. The molecule has 1 N–H and O–H groups in total. The Labute approximate surface area is 119 Å². The second kappa shape index (κ2) is 6.15. The van der Waals surface area contributed by atoms with E-state index in [1.807, 2.05) is 19.1 Å². The number of ketones is 1. The molecule has 0 saturated heterocycles. The highest BCUT2D eigenvalue weighted by atomic mass is 16.1. The predicted octanol–water partition coefficient (Wildman–Crippen LogP) is 3.90. The van der Waals surface area contributed by atoms with Crippen molar-refractivity contribution in [3.05, 3.63) is 71.2 Å². The lowest BCUT2D eigenvalue weighted by Gasteiger charge is -2.11. The number of hydrogen-bond acceptors (Lipinski definition) is 3. The molecule has 0 aliphatic rings. The van der Waals surface area contributed by atoms with Crippen LogP contribution >= 0.6 is 0 Å². The maximum Gasteiger partial charge on any atom is 0.189 e. The van der Waals surface area contributed by atoms with Gasteiger partial charge in [-0.3, -0.25) is 9.78 Å². The van der Waals surface area contributed by atoms with E-state index < -0.39 is 0 Å². The Balaban J connectivity index is 2.16. The van der Waals surface area contributed by atoms with Crippen LogP contribution in [-0.2, 0) is 0 Å². The van der Waals surface area contributed by atoms with Crippen LogP contribution in [0.2, 0.25) is 0 Å². The number of carbonyl (C=O) groups excluding carboxylic acids is 1. The molecule has 2 aromatic rings. The number of aryl methyl sites for hydroxylation is 1. The van der Waals surface area contributed by atoms with Crippen molar-refractivity contribution in [3.8, 4) is 0 Å². The second-order valence-corrected chi connectivity index (χ2v) is 4.81. The molecule has 0 aliphatic heterocycles. The minimum atomic E-state index is -0.0478. The van der Waals surface area contributed by atoms with Crippen molar-refractivity contribution in [2.24, 2.45) is 0 Å². The number of nitrogens with zero attached hydrogens (tertiary/aromatic N) is 1. The largest absolute Gasteiger partial charge is 0.359 e. The molecule has 0 spiro atoms. The first kappa shape index (κ1) is 14.0. The molecule has 1 aromatic heterocycles. The molecule has 3 nitrogen and oxygen atoms in total. The first-order valence-corrected chi connectivity index (χ1v) is 6.54. The van der Waals surface area contributed by atoms with E-state index in [9.17, 15) is 4.79 Å². The summed E-state index contributed by atoms with van der Waals surface area (Å²) in [5.41, 5.74) is 4.84. The van der Waals surface area contributed by atoms with Gasteiger partial charge in [-0.15, -0.1) is 0 Å². The lowest BCUT2D eigenvalue weighted by Crippen LogP contribution is -2.03. The first-order valence-electron chi connectivity index (χ1n) is 6.54. The van der Waals surface area contributed by atoms with Crippen molar-refractivity contribution >= 4 is 11.5 Å². The lowest BCUT2D eigenvalue weighted by molar-refractivity contribution is 0.104. The van der Waals surface area contributed by atoms with Crippen LogP contribution in [-0.4, -0.2) is 10.8 Å². The Bertz CT molecular complexity index is 645. The highest BCUT2D eigenvalue weighted by molar-refractivity contribution is 6.04. The van der Waals surface area contributed by atoms with Gasteiger partial charge in [0.1, 0.15) is 0 Å². The minimum Gasteiger partial charge on any atom is -0.359 e. The number of pyridine rings is 1. The zero-order valence-electron chi connectivity index (χ0n) is 12.0. The van der Waals surface area contributed by atoms with Gasteiger partial charge in [0.15, 0.2) is 5.78 Å². The van der Waals surface area contributed by atoms with Crippen LogP contribution in [0.3, 0.4) is 0 Å². The summed E-state index contributed by atoms with van der Waals surface area (Å²) >= 11 is 0. The summed E-state index contributed by atoms with van der Waals surface area (Å²) < 4.78 is 0. The number of anilines is 1. The molecule has 0 saturated carbocycles. The highest BCUT2D eigenvalue weighted by Gasteiger charge is 2.04. The van der Waals surface area contributed by atoms with E-state index in [2.05, 4.69) is 30.2 Å². The van der Waals surface area contributed by atoms with Crippen LogP contribution in [0.25, 0.3) is 0 Å². The second-order valence-electron chi connectivity index (χ2n) is 4.81. The van der Waals surface area contributed by atoms with Gasteiger partial charge in [0, 0.05) is 35.4 Å². The van der Waals surface area contributed by atoms with Gasteiger partial charge < -0.3 is 5.32 Å². The van der Waals surface area contributed by atoms with Gasteiger partial charge in [-0.2, -0.15) is 0 Å². The standard InChI is InChI=1S/C17H18N2O/c1-12-6-4-8-16(14(12)3)19-13(2)10-17(20)15-7-5-9-18-11-15/h4-11,19H,1-3H3. The Morgan fingerprint density at radius 3 is 2.70 bits per heavy atom. The summed E-state index contributed by atoms with van der Waals surface area (Å²) in [6, 6.07) is 9.60. The van der Waals surface area contributed by atoms with Crippen molar-refractivity contribution in [3.63, 3.8) is 0 Å². The Morgan fingerprint density at radius 1 is 1.20 bits per heavy atom. The number of allylic oxidation sites excluding steroid dienone is 2. The van der Waals surface area contributed by atoms with Crippen molar-refractivity contribution in [1.82, 2.24) is 4.98 Å². The Morgan fingerprint density at radius 2 is 2.00 bits per heavy atom. The van der Waals surface area contributed by atoms with Gasteiger partial charge in [0.05, 0.1) is 0 Å². The quantitative estimate of drug-likeness (QED) is 0.674. The molecule has 102 valence electrons. The fraction of sp³-hybridized carbons (Fsp3) is 0.176. The molecule has 0 fully saturated rings. The van der Waals surface area contributed by atoms with Crippen molar-refractivity contribution < 1.29 is 4.79 Å². The molecule has 0 aliphatic carbocycles. The Hall–Kier alpha value is -2.42. The monoisotopic (exact) mass is 266 g/mol. The number of benzene rings is 1. The van der Waals surface area contributed by atoms with E-state index >= 15 is 0 Å². The molecule has 3 heteroatoms. The zero-order chi connectivity index (χ0) is 14.5. The highest BCUT2D eigenvalue weighted by Crippen LogP contribution is 2.19. The molecule has 0 amide bonds. The molecular weight excluding hydrogens is 248 g/mol. The smallest absolute Gasteiger partial charge is 0.189 e. The van der Waals surface area contributed by atoms with Crippen molar-refractivity contribution in [2.45, 2.75) is 20.8 Å². The van der Waals surface area contributed by atoms with E-state index in [-0.39, 0.29) is 5.78 Å². The summed E-state index contributed by atoms with van der Waals surface area (Å²) in [5.74, 6) is -0.0478. The fourth-order valence-corrected chi connectivity index (χ4v) is 1.92. The third-order valence-electron chi connectivity index (χ3n) is 3.23. The van der Waals surface area contributed by atoms with Crippen LogP contribution < -0.4 is 5.32 Å². The lowest BCUT2D eigenvalue weighted by atomic mass is 10.1. The minimum absolute atomic E-state index is 0.0478. The number of nitrogens with one attached hydrogen (secondary N) is 1. The van der Waals surface area contributed by atoms with Gasteiger partial charge in [-0.05, 0) is 50.1 Å². The number of hydrogen-bond donors (Lipinski definition) is 1. The number of aromatic nitrogens is 1.